The standard InChI is InChI=1S/C29H43N3O/c1-17(2)18(3)7-8-19(4)26-11-12-27-25-15-21-9-10-22(31-32-28(30)33)16-24(21)20(5)23(25)13-14-29(26,27)6/h7-8,15,17-19,26-27H,9-14,16H2,1-6H3,(H3,30,32,33)/b8-7+,31-22-. The number of hydrazone groups is 1. The molecule has 1 fully saturated rings. The van der Waals surface area contributed by atoms with Crippen LogP contribution in [0.5, 0.6) is 0 Å². The lowest BCUT2D eigenvalue weighted by Crippen LogP contribution is -2.35. The molecule has 4 rings (SSSR count). The first kappa shape index (κ1) is 24.0. The van der Waals surface area contributed by atoms with Crippen molar-refractivity contribution in [3.8, 4) is 0 Å². The van der Waals surface area contributed by atoms with Gasteiger partial charge in [0, 0.05) is 12.1 Å². The van der Waals surface area contributed by atoms with Gasteiger partial charge in [-0.25, -0.2) is 10.2 Å². The number of nitrogens with one attached hydrogen (secondary N) is 1. The smallest absolute Gasteiger partial charge is 0.332 e. The first-order valence-corrected chi connectivity index (χ1v) is 13.0. The van der Waals surface area contributed by atoms with Gasteiger partial charge in [0.15, 0.2) is 0 Å². The predicted molar refractivity (Wildman–Crippen MR) is 138 cm³/mol. The number of nitrogens with two attached hydrogens (primary N) is 1. The Labute approximate surface area is 200 Å². The molecule has 0 spiro atoms. The van der Waals surface area contributed by atoms with Crippen molar-refractivity contribution in [2.45, 2.75) is 92.4 Å². The minimum absolute atomic E-state index is 0.394. The summed E-state index contributed by atoms with van der Waals surface area (Å²) in [7, 11) is 0. The fourth-order valence-electron chi connectivity index (χ4n) is 7.01. The van der Waals surface area contributed by atoms with Crippen LogP contribution >= 0.6 is 0 Å². The van der Waals surface area contributed by atoms with E-state index >= 15 is 0 Å². The minimum atomic E-state index is -0.590. The Bertz CT molecular complexity index is 976. The molecule has 0 heterocycles. The molecule has 0 bridgehead atoms. The molecule has 1 aromatic rings. The molecule has 3 aliphatic rings. The second kappa shape index (κ2) is 9.27. The fourth-order valence-corrected chi connectivity index (χ4v) is 7.01. The highest BCUT2D eigenvalue weighted by molar-refractivity contribution is 5.90. The van der Waals surface area contributed by atoms with E-state index in [0.717, 1.165) is 30.9 Å². The van der Waals surface area contributed by atoms with E-state index in [0.29, 0.717) is 29.1 Å². The molecule has 0 radical (unpaired) electrons. The number of allylic oxidation sites excluding steroid dienone is 2. The number of carbonyl (C=O) groups excluding carboxylic acids is 1. The average molecular weight is 450 g/mol. The number of benzene rings is 1. The predicted octanol–water partition coefficient (Wildman–Crippen LogP) is 6.44. The highest BCUT2D eigenvalue weighted by Gasteiger charge is 2.51. The lowest BCUT2D eigenvalue weighted by Gasteiger charge is -2.44. The van der Waals surface area contributed by atoms with Gasteiger partial charge in [0.1, 0.15) is 0 Å². The molecule has 33 heavy (non-hydrogen) atoms. The van der Waals surface area contributed by atoms with Crippen LogP contribution in [-0.4, -0.2) is 11.7 Å². The van der Waals surface area contributed by atoms with E-state index < -0.39 is 6.03 Å². The second-order valence-corrected chi connectivity index (χ2v) is 11.6. The van der Waals surface area contributed by atoms with Gasteiger partial charge in [0.25, 0.3) is 0 Å². The van der Waals surface area contributed by atoms with Crippen LogP contribution in [0, 0.1) is 36.0 Å². The highest BCUT2D eigenvalue weighted by Crippen LogP contribution is 2.61. The molecule has 0 aliphatic heterocycles. The number of nitrogens with zero attached hydrogens (tertiary/aromatic N) is 1. The number of amides is 2. The van der Waals surface area contributed by atoms with Crippen molar-refractivity contribution in [3.63, 3.8) is 0 Å². The molecule has 1 saturated carbocycles. The summed E-state index contributed by atoms with van der Waals surface area (Å²) in [5, 5.41) is 4.25. The zero-order valence-electron chi connectivity index (χ0n) is 21.5. The number of primary amides is 1. The molecule has 3 aliphatic carbocycles. The number of fused-ring (bicyclic) bond motifs is 4. The van der Waals surface area contributed by atoms with Crippen molar-refractivity contribution in [1.82, 2.24) is 5.43 Å². The molecule has 2 amide bonds. The van der Waals surface area contributed by atoms with Gasteiger partial charge in [0.2, 0.25) is 0 Å². The first-order valence-electron chi connectivity index (χ1n) is 13.0. The van der Waals surface area contributed by atoms with Crippen LogP contribution in [0.1, 0.15) is 94.0 Å². The third-order valence-corrected chi connectivity index (χ3v) is 9.46. The third-order valence-electron chi connectivity index (χ3n) is 9.46. The first-order chi connectivity index (χ1) is 15.6. The lowest BCUT2D eigenvalue weighted by atomic mass is 9.60. The number of aryl methyl sites for hydroxylation is 1. The van der Waals surface area contributed by atoms with E-state index in [1.807, 2.05) is 0 Å². The molecule has 4 nitrogen and oxygen atoms in total. The van der Waals surface area contributed by atoms with E-state index in [-0.39, 0.29) is 0 Å². The van der Waals surface area contributed by atoms with Crippen molar-refractivity contribution >= 4 is 11.7 Å². The maximum Gasteiger partial charge on any atom is 0.332 e. The van der Waals surface area contributed by atoms with Crippen molar-refractivity contribution in [1.29, 1.82) is 0 Å². The number of carbonyl (C=O) groups is 1. The Balaban J connectivity index is 1.59. The van der Waals surface area contributed by atoms with Gasteiger partial charge < -0.3 is 5.73 Å². The van der Waals surface area contributed by atoms with E-state index in [1.165, 1.54) is 42.4 Å². The van der Waals surface area contributed by atoms with Crippen LogP contribution in [0.25, 0.3) is 0 Å². The summed E-state index contributed by atoms with van der Waals surface area (Å²) >= 11 is 0. The molecule has 4 heteroatoms. The summed E-state index contributed by atoms with van der Waals surface area (Å²) in [6.07, 6.45) is 12.9. The monoisotopic (exact) mass is 449 g/mol. The van der Waals surface area contributed by atoms with Gasteiger partial charge >= 0.3 is 6.03 Å². The average Bonchev–Trinajstić information content (AvgIpc) is 3.13. The number of rotatable bonds is 5. The molecular formula is C29H43N3O. The highest BCUT2D eigenvalue weighted by atomic mass is 16.2. The van der Waals surface area contributed by atoms with Crippen LogP contribution in [0.4, 0.5) is 4.79 Å². The second-order valence-electron chi connectivity index (χ2n) is 11.6. The SMILES string of the molecule is Cc1c2c(cc3c1CCC1(C)C3CCC1C(C)/C=C/C(C)C(C)C)CC/C(=N/NC(N)=O)C2. The molecule has 1 aromatic carbocycles. The van der Waals surface area contributed by atoms with Crippen LogP contribution in [0.15, 0.2) is 23.3 Å². The Kier molecular flexibility index (Phi) is 6.75. The Hall–Kier alpha value is -2.10. The summed E-state index contributed by atoms with van der Waals surface area (Å²) < 4.78 is 0. The van der Waals surface area contributed by atoms with Gasteiger partial charge in [-0.1, -0.05) is 52.8 Å². The largest absolute Gasteiger partial charge is 0.350 e. The fraction of sp³-hybridized carbons (Fsp3) is 0.655. The summed E-state index contributed by atoms with van der Waals surface area (Å²) in [6, 6.07) is 1.97. The van der Waals surface area contributed by atoms with E-state index in [1.54, 1.807) is 11.1 Å². The van der Waals surface area contributed by atoms with Crippen LogP contribution < -0.4 is 11.2 Å². The quantitative estimate of drug-likeness (QED) is 0.394. The topological polar surface area (TPSA) is 67.5 Å². The third kappa shape index (κ3) is 4.50. The Morgan fingerprint density at radius 3 is 2.61 bits per heavy atom. The zero-order chi connectivity index (χ0) is 23.9. The van der Waals surface area contributed by atoms with E-state index in [4.69, 9.17) is 5.73 Å². The van der Waals surface area contributed by atoms with Gasteiger partial charge in [0.05, 0.1) is 0 Å². The molecule has 0 saturated heterocycles. The Morgan fingerprint density at radius 2 is 1.91 bits per heavy atom. The van der Waals surface area contributed by atoms with E-state index in [9.17, 15) is 4.79 Å². The minimum Gasteiger partial charge on any atom is -0.350 e. The molecule has 5 atom stereocenters. The van der Waals surface area contributed by atoms with Crippen molar-refractivity contribution < 1.29 is 4.79 Å². The normalized spacial score (nSPS) is 29.6. The van der Waals surface area contributed by atoms with Gasteiger partial charge in [-0.3, -0.25) is 0 Å². The Morgan fingerprint density at radius 1 is 1.15 bits per heavy atom. The van der Waals surface area contributed by atoms with Crippen molar-refractivity contribution in [2.75, 3.05) is 0 Å². The van der Waals surface area contributed by atoms with Crippen LogP contribution in [0.3, 0.4) is 0 Å². The van der Waals surface area contributed by atoms with Gasteiger partial charge in [-0.05, 0) is 108 Å². The summed E-state index contributed by atoms with van der Waals surface area (Å²) in [5.74, 6) is 3.43. The van der Waals surface area contributed by atoms with E-state index in [2.05, 4.69) is 70.3 Å². The lowest BCUT2D eigenvalue weighted by molar-refractivity contribution is 0.142. The number of hydrogen-bond donors (Lipinski definition) is 2. The summed E-state index contributed by atoms with van der Waals surface area (Å²) in [6.45, 7) is 14.3. The molecule has 180 valence electrons. The van der Waals surface area contributed by atoms with Crippen LogP contribution in [0.2, 0.25) is 0 Å². The molecule has 3 N–H and O–H groups in total. The van der Waals surface area contributed by atoms with Crippen LogP contribution in [-0.2, 0) is 19.3 Å². The molecule has 5 unspecified atom stereocenters. The number of urea groups is 1. The summed E-state index contributed by atoms with van der Waals surface area (Å²) in [5.41, 5.74) is 16.7. The molecular weight excluding hydrogens is 406 g/mol. The van der Waals surface area contributed by atoms with Crippen molar-refractivity contribution in [2.24, 2.45) is 39.9 Å². The van der Waals surface area contributed by atoms with Gasteiger partial charge in [-0.15, -0.1) is 0 Å². The summed E-state index contributed by atoms with van der Waals surface area (Å²) in [4.78, 5) is 11.1. The van der Waals surface area contributed by atoms with Gasteiger partial charge in [-0.2, -0.15) is 5.10 Å². The molecule has 0 aromatic heterocycles. The maximum atomic E-state index is 11.1. The zero-order valence-corrected chi connectivity index (χ0v) is 21.5. The number of hydrogen-bond acceptors (Lipinski definition) is 2. The van der Waals surface area contributed by atoms with Crippen molar-refractivity contribution in [3.05, 3.63) is 46.0 Å². The maximum absolute atomic E-state index is 11.1.